The van der Waals surface area contributed by atoms with Crippen LogP contribution in [0.5, 0.6) is 0 Å². The predicted octanol–water partition coefficient (Wildman–Crippen LogP) is 1.79. The van der Waals surface area contributed by atoms with Gasteiger partial charge in [0.1, 0.15) is 6.04 Å². The number of hydrogen-bond acceptors (Lipinski definition) is 3. The van der Waals surface area contributed by atoms with Crippen molar-refractivity contribution in [2.45, 2.75) is 45.1 Å². The summed E-state index contributed by atoms with van der Waals surface area (Å²) in [5.74, 6) is -1.70. The summed E-state index contributed by atoms with van der Waals surface area (Å²) >= 11 is 0. The van der Waals surface area contributed by atoms with Crippen molar-refractivity contribution in [1.29, 1.82) is 0 Å². The number of carbonyl (C=O) groups excluding carboxylic acids is 2. The van der Waals surface area contributed by atoms with E-state index in [1.165, 1.54) is 4.90 Å². The van der Waals surface area contributed by atoms with Crippen LogP contribution in [0, 0.1) is 0 Å². The minimum absolute atomic E-state index is 0.00652. The van der Waals surface area contributed by atoms with Gasteiger partial charge in [0, 0.05) is 12.1 Å². The average molecular weight is 332 g/mol. The van der Waals surface area contributed by atoms with Crippen LogP contribution in [0.2, 0.25) is 0 Å². The fraction of sp³-hybridized carbons (Fsp3) is 0.500. The molecule has 0 bridgehead atoms. The van der Waals surface area contributed by atoms with Crippen LogP contribution in [0.3, 0.4) is 0 Å². The number of amides is 2. The molecule has 0 radical (unpaired) electrons. The van der Waals surface area contributed by atoms with Crippen LogP contribution in [-0.2, 0) is 15.0 Å². The third kappa shape index (κ3) is 4.13. The first-order chi connectivity index (χ1) is 11.2. The van der Waals surface area contributed by atoms with Gasteiger partial charge in [0.25, 0.3) is 5.91 Å². The molecule has 2 rings (SSSR count). The molecule has 1 atom stereocenters. The molecule has 6 nitrogen and oxygen atoms in total. The third-order valence-electron chi connectivity index (χ3n) is 4.27. The van der Waals surface area contributed by atoms with Gasteiger partial charge in [0.15, 0.2) is 0 Å². The van der Waals surface area contributed by atoms with E-state index in [0.29, 0.717) is 24.9 Å². The zero-order valence-corrected chi connectivity index (χ0v) is 14.3. The number of carbonyl (C=O) groups is 3. The van der Waals surface area contributed by atoms with Crippen LogP contribution in [0.25, 0.3) is 0 Å². The first-order valence-corrected chi connectivity index (χ1v) is 8.11. The van der Waals surface area contributed by atoms with E-state index in [1.807, 2.05) is 12.1 Å². The fourth-order valence-electron chi connectivity index (χ4n) is 2.80. The first kappa shape index (κ1) is 18.0. The van der Waals surface area contributed by atoms with E-state index in [0.717, 1.165) is 5.56 Å². The largest absolute Gasteiger partial charge is 0.480 e. The van der Waals surface area contributed by atoms with Crippen molar-refractivity contribution >= 4 is 17.8 Å². The highest BCUT2D eigenvalue weighted by Crippen LogP contribution is 2.22. The van der Waals surface area contributed by atoms with E-state index in [4.69, 9.17) is 5.11 Å². The number of hydrogen-bond donors (Lipinski definition) is 2. The fourth-order valence-corrected chi connectivity index (χ4v) is 2.80. The van der Waals surface area contributed by atoms with Crippen molar-refractivity contribution in [1.82, 2.24) is 10.2 Å². The quantitative estimate of drug-likeness (QED) is 0.880. The number of benzene rings is 1. The second kappa shape index (κ2) is 7.03. The number of carboxylic acids is 1. The van der Waals surface area contributed by atoms with Gasteiger partial charge in [-0.1, -0.05) is 32.9 Å². The molecule has 1 aliphatic rings. The summed E-state index contributed by atoms with van der Waals surface area (Å²) in [5, 5.41) is 11.7. The lowest BCUT2D eigenvalue weighted by molar-refractivity contribution is -0.147. The van der Waals surface area contributed by atoms with Crippen molar-refractivity contribution in [2.24, 2.45) is 0 Å². The maximum absolute atomic E-state index is 12.1. The van der Waals surface area contributed by atoms with Crippen LogP contribution >= 0.6 is 0 Å². The monoisotopic (exact) mass is 332 g/mol. The molecule has 6 heteroatoms. The Labute approximate surface area is 141 Å². The van der Waals surface area contributed by atoms with E-state index in [9.17, 15) is 14.4 Å². The van der Waals surface area contributed by atoms with Gasteiger partial charge in [-0.2, -0.15) is 0 Å². The Morgan fingerprint density at radius 3 is 2.38 bits per heavy atom. The van der Waals surface area contributed by atoms with Gasteiger partial charge < -0.3 is 15.3 Å². The molecule has 0 saturated carbocycles. The molecule has 1 heterocycles. The van der Waals surface area contributed by atoms with Crippen LogP contribution in [0.15, 0.2) is 24.3 Å². The Balaban J connectivity index is 1.93. The third-order valence-corrected chi connectivity index (χ3v) is 4.27. The Kier molecular flexibility index (Phi) is 5.26. The number of aliphatic carboxylic acids is 1. The highest BCUT2D eigenvalue weighted by atomic mass is 16.4. The predicted molar refractivity (Wildman–Crippen MR) is 89.8 cm³/mol. The van der Waals surface area contributed by atoms with Crippen molar-refractivity contribution in [3.63, 3.8) is 0 Å². The highest BCUT2D eigenvalue weighted by Gasteiger charge is 2.33. The topological polar surface area (TPSA) is 86.7 Å². The lowest BCUT2D eigenvalue weighted by Crippen LogP contribution is -2.45. The standard InChI is InChI=1S/C18H24N2O4/c1-18(2,3)13-8-6-12(7-9-13)16(22)19-11-15(21)20-10-4-5-14(20)17(23)24/h6-9,14H,4-5,10-11H2,1-3H3,(H,19,22)(H,23,24). The maximum Gasteiger partial charge on any atom is 0.326 e. The summed E-state index contributed by atoms with van der Waals surface area (Å²) in [7, 11) is 0. The summed E-state index contributed by atoms with van der Waals surface area (Å²) in [4.78, 5) is 36.7. The number of nitrogens with one attached hydrogen (secondary N) is 1. The van der Waals surface area contributed by atoms with Crippen molar-refractivity contribution in [2.75, 3.05) is 13.1 Å². The minimum atomic E-state index is -0.995. The zero-order chi connectivity index (χ0) is 17.9. The van der Waals surface area contributed by atoms with Gasteiger partial charge in [-0.25, -0.2) is 4.79 Å². The van der Waals surface area contributed by atoms with E-state index >= 15 is 0 Å². The molecule has 0 aliphatic carbocycles. The Hall–Kier alpha value is -2.37. The molecule has 0 spiro atoms. The molecule has 1 fully saturated rings. The molecule has 0 aromatic heterocycles. The van der Waals surface area contributed by atoms with Gasteiger partial charge in [-0.05, 0) is 36.0 Å². The second-order valence-corrected chi connectivity index (χ2v) is 7.09. The molecule has 1 unspecified atom stereocenters. The van der Waals surface area contributed by atoms with Crippen molar-refractivity contribution in [3.8, 4) is 0 Å². The smallest absolute Gasteiger partial charge is 0.326 e. The molecular formula is C18H24N2O4. The van der Waals surface area contributed by atoms with Crippen LogP contribution in [0.1, 0.15) is 49.5 Å². The van der Waals surface area contributed by atoms with E-state index in [-0.39, 0.29) is 23.8 Å². The number of rotatable bonds is 4. The average Bonchev–Trinajstić information content (AvgIpc) is 3.01. The first-order valence-electron chi connectivity index (χ1n) is 8.11. The van der Waals surface area contributed by atoms with Crippen molar-refractivity contribution in [3.05, 3.63) is 35.4 Å². The van der Waals surface area contributed by atoms with Crippen LogP contribution < -0.4 is 5.32 Å². The molecule has 2 N–H and O–H groups in total. The van der Waals surface area contributed by atoms with E-state index in [1.54, 1.807) is 12.1 Å². The van der Waals surface area contributed by atoms with Gasteiger partial charge >= 0.3 is 5.97 Å². The molecule has 1 aromatic rings. The SMILES string of the molecule is CC(C)(C)c1ccc(C(=O)NCC(=O)N2CCCC2C(=O)O)cc1. The molecule has 1 aliphatic heterocycles. The van der Waals surface area contributed by atoms with E-state index in [2.05, 4.69) is 26.1 Å². The zero-order valence-electron chi connectivity index (χ0n) is 14.3. The molecule has 130 valence electrons. The number of carboxylic acid groups (broad SMARTS) is 1. The van der Waals surface area contributed by atoms with Gasteiger partial charge in [0.05, 0.1) is 6.54 Å². The summed E-state index contributed by atoms with van der Waals surface area (Å²) in [6, 6.07) is 6.49. The molecule has 24 heavy (non-hydrogen) atoms. The second-order valence-electron chi connectivity index (χ2n) is 7.09. The molecule has 1 aromatic carbocycles. The number of likely N-dealkylation sites (tertiary alicyclic amines) is 1. The number of nitrogens with zero attached hydrogens (tertiary/aromatic N) is 1. The molecule has 2 amide bonds. The maximum atomic E-state index is 12.1. The van der Waals surface area contributed by atoms with E-state index < -0.39 is 12.0 Å². The highest BCUT2D eigenvalue weighted by molar-refractivity contribution is 5.97. The Morgan fingerprint density at radius 2 is 1.83 bits per heavy atom. The van der Waals surface area contributed by atoms with Crippen LogP contribution in [-0.4, -0.2) is 46.9 Å². The molecule has 1 saturated heterocycles. The lowest BCUT2D eigenvalue weighted by Gasteiger charge is -2.21. The van der Waals surface area contributed by atoms with Gasteiger partial charge in [-0.15, -0.1) is 0 Å². The summed E-state index contributed by atoms with van der Waals surface area (Å²) in [5.41, 5.74) is 1.61. The van der Waals surface area contributed by atoms with Crippen molar-refractivity contribution < 1.29 is 19.5 Å². The summed E-state index contributed by atoms with van der Waals surface area (Å²) in [6.45, 7) is 6.51. The minimum Gasteiger partial charge on any atom is -0.480 e. The Bertz CT molecular complexity index is 631. The van der Waals surface area contributed by atoms with Gasteiger partial charge in [0.2, 0.25) is 5.91 Å². The normalized spacial score (nSPS) is 17.6. The lowest BCUT2D eigenvalue weighted by atomic mass is 9.87. The Morgan fingerprint density at radius 1 is 1.21 bits per heavy atom. The van der Waals surface area contributed by atoms with Crippen LogP contribution in [0.4, 0.5) is 0 Å². The van der Waals surface area contributed by atoms with Gasteiger partial charge in [-0.3, -0.25) is 9.59 Å². The summed E-state index contributed by atoms with van der Waals surface area (Å²) < 4.78 is 0. The molecular weight excluding hydrogens is 308 g/mol. The summed E-state index contributed by atoms with van der Waals surface area (Å²) in [6.07, 6.45) is 1.13.